The van der Waals surface area contributed by atoms with Crippen LogP contribution in [0.2, 0.25) is 10.0 Å². The number of carbonyl (C=O) groups is 2. The summed E-state index contributed by atoms with van der Waals surface area (Å²) in [5, 5.41) is 3.54. The standard InChI is InChI=1S/C30H35Cl2N3O4S/c1-20(2)17-33-30(37)23(5)34(18-24-10-15-27(31)28(32)16-24)29(36)19-35(25-11-6-21(3)7-12-25)40(38,39)26-13-8-22(4)9-14-26/h6-16,20,23H,17-19H2,1-5H3,(H,33,37). The van der Waals surface area contributed by atoms with E-state index >= 15 is 0 Å². The largest absolute Gasteiger partial charge is 0.354 e. The second-order valence-corrected chi connectivity index (χ2v) is 12.9. The van der Waals surface area contributed by atoms with E-state index in [2.05, 4.69) is 5.32 Å². The lowest BCUT2D eigenvalue weighted by Gasteiger charge is -2.32. The molecule has 2 amide bonds. The minimum absolute atomic E-state index is 0.0261. The van der Waals surface area contributed by atoms with Crippen molar-refractivity contribution in [2.45, 2.75) is 52.1 Å². The van der Waals surface area contributed by atoms with Gasteiger partial charge in [0, 0.05) is 13.1 Å². The van der Waals surface area contributed by atoms with Crippen LogP contribution in [0.1, 0.15) is 37.5 Å². The van der Waals surface area contributed by atoms with Gasteiger partial charge in [-0.25, -0.2) is 8.42 Å². The van der Waals surface area contributed by atoms with Gasteiger partial charge in [0.25, 0.3) is 10.0 Å². The minimum Gasteiger partial charge on any atom is -0.354 e. The lowest BCUT2D eigenvalue weighted by atomic mass is 10.1. The van der Waals surface area contributed by atoms with E-state index in [1.807, 2.05) is 27.7 Å². The van der Waals surface area contributed by atoms with Crippen LogP contribution in [0.25, 0.3) is 0 Å². The van der Waals surface area contributed by atoms with Gasteiger partial charge in [-0.3, -0.25) is 13.9 Å². The van der Waals surface area contributed by atoms with E-state index in [0.29, 0.717) is 27.8 Å². The molecular weight excluding hydrogens is 569 g/mol. The summed E-state index contributed by atoms with van der Waals surface area (Å²) < 4.78 is 28.8. The van der Waals surface area contributed by atoms with Crippen LogP contribution in [0.15, 0.2) is 71.6 Å². The molecule has 214 valence electrons. The van der Waals surface area contributed by atoms with Crippen LogP contribution in [-0.4, -0.2) is 44.3 Å². The van der Waals surface area contributed by atoms with Gasteiger partial charge in [0.1, 0.15) is 12.6 Å². The predicted molar refractivity (Wildman–Crippen MR) is 161 cm³/mol. The number of nitrogens with one attached hydrogen (secondary N) is 1. The fourth-order valence-corrected chi connectivity index (χ4v) is 5.68. The second-order valence-electron chi connectivity index (χ2n) is 10.2. The molecule has 0 aromatic heterocycles. The maximum atomic E-state index is 13.9. The van der Waals surface area contributed by atoms with Crippen LogP contribution in [0.3, 0.4) is 0 Å². The first-order valence-electron chi connectivity index (χ1n) is 13.0. The molecule has 0 saturated heterocycles. The van der Waals surface area contributed by atoms with Gasteiger partial charge in [-0.05, 0) is 68.7 Å². The van der Waals surface area contributed by atoms with Crippen LogP contribution in [0.4, 0.5) is 5.69 Å². The van der Waals surface area contributed by atoms with E-state index in [1.54, 1.807) is 61.5 Å². The maximum Gasteiger partial charge on any atom is 0.264 e. The van der Waals surface area contributed by atoms with E-state index in [-0.39, 0.29) is 23.3 Å². The molecule has 1 N–H and O–H groups in total. The smallest absolute Gasteiger partial charge is 0.264 e. The molecule has 0 radical (unpaired) electrons. The van der Waals surface area contributed by atoms with E-state index in [9.17, 15) is 18.0 Å². The Morgan fingerprint density at radius 2 is 1.43 bits per heavy atom. The van der Waals surface area contributed by atoms with E-state index in [4.69, 9.17) is 23.2 Å². The zero-order valence-corrected chi connectivity index (χ0v) is 25.6. The summed E-state index contributed by atoms with van der Waals surface area (Å²) in [7, 11) is -4.12. The normalized spacial score (nSPS) is 12.2. The second kappa shape index (κ2) is 13.5. The third-order valence-corrected chi connectivity index (χ3v) is 8.93. The summed E-state index contributed by atoms with van der Waals surface area (Å²) in [6.07, 6.45) is 0. The Morgan fingerprint density at radius 3 is 1.98 bits per heavy atom. The van der Waals surface area contributed by atoms with Crippen molar-refractivity contribution in [1.29, 1.82) is 0 Å². The van der Waals surface area contributed by atoms with Crippen molar-refractivity contribution in [2.24, 2.45) is 5.92 Å². The Hall–Kier alpha value is -3.07. The highest BCUT2D eigenvalue weighted by atomic mass is 35.5. The summed E-state index contributed by atoms with van der Waals surface area (Å²) in [5.41, 5.74) is 2.84. The zero-order valence-electron chi connectivity index (χ0n) is 23.3. The molecule has 0 spiro atoms. The summed E-state index contributed by atoms with van der Waals surface area (Å²) in [6.45, 7) is 9.28. The van der Waals surface area contributed by atoms with Gasteiger partial charge in [-0.1, -0.05) is 78.5 Å². The molecule has 1 unspecified atom stereocenters. The molecule has 0 heterocycles. The molecule has 40 heavy (non-hydrogen) atoms. The fraction of sp³-hybridized carbons (Fsp3) is 0.333. The molecule has 10 heteroatoms. The van der Waals surface area contributed by atoms with Gasteiger partial charge < -0.3 is 10.2 Å². The Morgan fingerprint density at radius 1 is 0.850 bits per heavy atom. The molecule has 0 aliphatic heterocycles. The number of nitrogens with zero attached hydrogens (tertiary/aromatic N) is 2. The van der Waals surface area contributed by atoms with E-state index in [1.165, 1.54) is 17.0 Å². The highest BCUT2D eigenvalue weighted by Crippen LogP contribution is 2.27. The Labute approximate surface area is 247 Å². The Kier molecular flexibility index (Phi) is 10.6. The summed E-state index contributed by atoms with van der Waals surface area (Å²) >= 11 is 12.3. The molecule has 0 fully saturated rings. The van der Waals surface area contributed by atoms with Crippen LogP contribution >= 0.6 is 23.2 Å². The number of hydrogen-bond donors (Lipinski definition) is 1. The van der Waals surface area contributed by atoms with Gasteiger partial charge >= 0.3 is 0 Å². The van der Waals surface area contributed by atoms with Gasteiger partial charge in [0.15, 0.2) is 0 Å². The Bertz CT molecular complexity index is 1440. The van der Waals surface area contributed by atoms with E-state index in [0.717, 1.165) is 15.4 Å². The molecule has 0 bridgehead atoms. The summed E-state index contributed by atoms with van der Waals surface area (Å²) in [6, 6.07) is 17.4. The molecule has 3 aromatic carbocycles. The molecule has 0 aliphatic carbocycles. The summed E-state index contributed by atoms with van der Waals surface area (Å²) in [5.74, 6) is -0.674. The van der Waals surface area contributed by atoms with Crippen molar-refractivity contribution in [1.82, 2.24) is 10.2 Å². The van der Waals surface area contributed by atoms with Crippen molar-refractivity contribution in [3.8, 4) is 0 Å². The van der Waals surface area contributed by atoms with Crippen molar-refractivity contribution < 1.29 is 18.0 Å². The number of carbonyl (C=O) groups excluding carboxylic acids is 2. The van der Waals surface area contributed by atoms with Crippen molar-refractivity contribution in [3.63, 3.8) is 0 Å². The first-order chi connectivity index (χ1) is 18.8. The van der Waals surface area contributed by atoms with Gasteiger partial charge in [-0.15, -0.1) is 0 Å². The van der Waals surface area contributed by atoms with Crippen molar-refractivity contribution >= 4 is 50.7 Å². The SMILES string of the molecule is Cc1ccc(N(CC(=O)N(Cc2ccc(Cl)c(Cl)c2)C(C)C(=O)NCC(C)C)S(=O)(=O)c2ccc(C)cc2)cc1. The third kappa shape index (κ3) is 7.99. The maximum absolute atomic E-state index is 13.9. The first-order valence-corrected chi connectivity index (χ1v) is 15.2. The fourth-order valence-electron chi connectivity index (χ4n) is 3.95. The predicted octanol–water partition coefficient (Wildman–Crippen LogP) is 6.00. The van der Waals surface area contributed by atoms with Crippen molar-refractivity contribution in [3.05, 3.63) is 93.5 Å². The molecule has 3 rings (SSSR count). The topological polar surface area (TPSA) is 86.8 Å². The highest BCUT2D eigenvalue weighted by molar-refractivity contribution is 7.92. The number of rotatable bonds is 11. The molecule has 0 aliphatic rings. The third-order valence-electron chi connectivity index (χ3n) is 6.40. The number of anilines is 1. The lowest BCUT2D eigenvalue weighted by Crippen LogP contribution is -2.51. The summed E-state index contributed by atoms with van der Waals surface area (Å²) in [4.78, 5) is 28.4. The van der Waals surface area contributed by atoms with Crippen LogP contribution in [0, 0.1) is 19.8 Å². The quantitative estimate of drug-likeness (QED) is 0.291. The molecule has 7 nitrogen and oxygen atoms in total. The minimum atomic E-state index is -4.12. The van der Waals surface area contributed by atoms with Crippen LogP contribution in [-0.2, 0) is 26.2 Å². The molecular formula is C30H35Cl2N3O4S. The van der Waals surface area contributed by atoms with Gasteiger partial charge in [0.2, 0.25) is 11.8 Å². The first kappa shape index (κ1) is 31.5. The number of sulfonamides is 1. The number of halogens is 2. The average Bonchev–Trinajstić information content (AvgIpc) is 2.91. The number of aryl methyl sites for hydroxylation is 2. The van der Waals surface area contributed by atoms with Crippen LogP contribution in [0.5, 0.6) is 0 Å². The van der Waals surface area contributed by atoms with E-state index < -0.39 is 28.5 Å². The number of hydrogen-bond acceptors (Lipinski definition) is 4. The number of benzene rings is 3. The molecule has 0 saturated carbocycles. The monoisotopic (exact) mass is 603 g/mol. The lowest BCUT2D eigenvalue weighted by molar-refractivity contribution is -0.139. The zero-order chi connectivity index (χ0) is 29.6. The number of amides is 2. The van der Waals surface area contributed by atoms with Gasteiger partial charge in [0.05, 0.1) is 20.6 Å². The molecule has 3 aromatic rings. The van der Waals surface area contributed by atoms with Gasteiger partial charge in [-0.2, -0.15) is 0 Å². The Balaban J connectivity index is 2.02. The average molecular weight is 605 g/mol. The van der Waals surface area contributed by atoms with Crippen molar-refractivity contribution in [2.75, 3.05) is 17.4 Å². The highest BCUT2D eigenvalue weighted by Gasteiger charge is 2.32. The molecule has 1 atom stereocenters. The van der Waals surface area contributed by atoms with Crippen LogP contribution < -0.4 is 9.62 Å².